The second-order valence-corrected chi connectivity index (χ2v) is 5.11. The summed E-state index contributed by atoms with van der Waals surface area (Å²) in [6, 6.07) is 9.56. The van der Waals surface area contributed by atoms with E-state index in [9.17, 15) is 13.2 Å². The first-order valence-electron chi connectivity index (χ1n) is 6.88. The number of halogens is 3. The van der Waals surface area contributed by atoms with Crippen LogP contribution in [0.1, 0.15) is 30.2 Å². The van der Waals surface area contributed by atoms with Crippen LogP contribution in [-0.4, -0.2) is 19.9 Å². The zero-order chi connectivity index (χ0) is 16.6. The Hall–Kier alpha value is -2.64. The number of hydrogen-bond donors (Lipinski definition) is 0. The molecule has 120 valence electrons. The summed E-state index contributed by atoms with van der Waals surface area (Å²) in [6.45, 7) is 3.20. The van der Waals surface area contributed by atoms with Crippen molar-refractivity contribution in [2.24, 2.45) is 0 Å². The molecule has 2 heterocycles. The van der Waals surface area contributed by atoms with Crippen LogP contribution in [0.15, 0.2) is 40.9 Å². The third-order valence-corrected chi connectivity index (χ3v) is 3.41. The van der Waals surface area contributed by atoms with Gasteiger partial charge in [0.25, 0.3) is 5.89 Å². The standard InChI is InChI=1S/C15H13F3N4O/c1-9-8-12(15(16,17)18)20-22(9)10(2)14-19-13(21-23-14)11-6-4-3-5-7-11/h3-8,10H,1-2H3. The molecule has 0 bridgehead atoms. The van der Waals surface area contributed by atoms with E-state index in [4.69, 9.17) is 4.52 Å². The first kappa shape index (κ1) is 15.3. The fourth-order valence-electron chi connectivity index (χ4n) is 2.23. The average molecular weight is 322 g/mol. The average Bonchev–Trinajstić information content (AvgIpc) is 3.14. The summed E-state index contributed by atoms with van der Waals surface area (Å²) >= 11 is 0. The highest BCUT2D eigenvalue weighted by Crippen LogP contribution is 2.30. The maximum atomic E-state index is 12.7. The van der Waals surface area contributed by atoms with E-state index < -0.39 is 17.9 Å². The Bertz CT molecular complexity index is 808. The van der Waals surface area contributed by atoms with Crippen LogP contribution in [0.3, 0.4) is 0 Å². The Morgan fingerprint density at radius 1 is 1.17 bits per heavy atom. The molecule has 0 saturated heterocycles. The third kappa shape index (κ3) is 2.96. The van der Waals surface area contributed by atoms with Crippen molar-refractivity contribution < 1.29 is 17.7 Å². The van der Waals surface area contributed by atoms with Crippen LogP contribution in [0.25, 0.3) is 11.4 Å². The van der Waals surface area contributed by atoms with Gasteiger partial charge in [-0.3, -0.25) is 4.68 Å². The minimum Gasteiger partial charge on any atom is -0.337 e. The highest BCUT2D eigenvalue weighted by Gasteiger charge is 2.35. The van der Waals surface area contributed by atoms with E-state index in [-0.39, 0.29) is 5.89 Å². The predicted octanol–water partition coefficient (Wildman–Crippen LogP) is 3.87. The largest absolute Gasteiger partial charge is 0.435 e. The summed E-state index contributed by atoms with van der Waals surface area (Å²) in [5.41, 5.74) is 0.191. The van der Waals surface area contributed by atoms with Crippen LogP contribution >= 0.6 is 0 Å². The number of hydrogen-bond acceptors (Lipinski definition) is 4. The minimum atomic E-state index is -4.49. The molecule has 1 aromatic carbocycles. The van der Waals surface area contributed by atoms with Crippen molar-refractivity contribution in [1.29, 1.82) is 0 Å². The zero-order valence-corrected chi connectivity index (χ0v) is 12.4. The van der Waals surface area contributed by atoms with Gasteiger partial charge in [0, 0.05) is 11.3 Å². The van der Waals surface area contributed by atoms with Gasteiger partial charge in [-0.1, -0.05) is 35.5 Å². The Morgan fingerprint density at radius 2 is 1.87 bits per heavy atom. The van der Waals surface area contributed by atoms with Gasteiger partial charge in [-0.05, 0) is 19.9 Å². The van der Waals surface area contributed by atoms with E-state index in [1.165, 1.54) is 4.68 Å². The van der Waals surface area contributed by atoms with Crippen molar-refractivity contribution in [2.45, 2.75) is 26.1 Å². The van der Waals surface area contributed by atoms with Crippen LogP contribution < -0.4 is 0 Å². The fourth-order valence-corrected chi connectivity index (χ4v) is 2.23. The smallest absolute Gasteiger partial charge is 0.337 e. The predicted molar refractivity (Wildman–Crippen MR) is 75.5 cm³/mol. The van der Waals surface area contributed by atoms with E-state index in [1.54, 1.807) is 13.8 Å². The van der Waals surface area contributed by atoms with Gasteiger partial charge in [0.1, 0.15) is 6.04 Å². The molecule has 1 atom stereocenters. The summed E-state index contributed by atoms with van der Waals surface area (Å²) in [6.07, 6.45) is -4.49. The molecule has 5 nitrogen and oxygen atoms in total. The van der Waals surface area contributed by atoms with E-state index >= 15 is 0 Å². The molecule has 0 aliphatic carbocycles. The number of alkyl halides is 3. The Morgan fingerprint density at radius 3 is 2.48 bits per heavy atom. The maximum absolute atomic E-state index is 12.7. The van der Waals surface area contributed by atoms with Gasteiger partial charge in [0.05, 0.1) is 0 Å². The third-order valence-electron chi connectivity index (χ3n) is 3.41. The van der Waals surface area contributed by atoms with Crippen LogP contribution in [0.2, 0.25) is 0 Å². The normalized spacial score (nSPS) is 13.3. The molecule has 0 N–H and O–H groups in total. The lowest BCUT2D eigenvalue weighted by Crippen LogP contribution is -2.13. The SMILES string of the molecule is Cc1cc(C(F)(F)F)nn1C(C)c1nc(-c2ccccc2)no1. The van der Waals surface area contributed by atoms with Crippen LogP contribution in [0.4, 0.5) is 13.2 Å². The van der Waals surface area contributed by atoms with Gasteiger partial charge in [0.2, 0.25) is 5.82 Å². The quantitative estimate of drug-likeness (QED) is 0.734. The second-order valence-electron chi connectivity index (χ2n) is 5.11. The molecule has 0 aliphatic rings. The molecule has 2 aromatic heterocycles. The summed E-state index contributed by atoms with van der Waals surface area (Å²) in [5, 5.41) is 7.47. The Balaban J connectivity index is 1.91. The summed E-state index contributed by atoms with van der Waals surface area (Å²) in [7, 11) is 0. The molecule has 23 heavy (non-hydrogen) atoms. The molecule has 0 aliphatic heterocycles. The van der Waals surface area contributed by atoms with Crippen LogP contribution in [0, 0.1) is 6.92 Å². The van der Waals surface area contributed by atoms with Gasteiger partial charge in [-0.2, -0.15) is 23.3 Å². The van der Waals surface area contributed by atoms with Crippen molar-refractivity contribution in [3.63, 3.8) is 0 Å². The van der Waals surface area contributed by atoms with Gasteiger partial charge < -0.3 is 4.52 Å². The molecular formula is C15H13F3N4O. The molecule has 0 radical (unpaired) electrons. The number of aromatic nitrogens is 4. The van der Waals surface area contributed by atoms with Crippen LogP contribution in [0.5, 0.6) is 0 Å². The van der Waals surface area contributed by atoms with E-state index in [1.807, 2.05) is 30.3 Å². The lowest BCUT2D eigenvalue weighted by molar-refractivity contribution is -0.141. The van der Waals surface area contributed by atoms with Gasteiger partial charge >= 0.3 is 6.18 Å². The van der Waals surface area contributed by atoms with Crippen molar-refractivity contribution in [3.8, 4) is 11.4 Å². The highest BCUT2D eigenvalue weighted by atomic mass is 19.4. The lowest BCUT2D eigenvalue weighted by atomic mass is 10.2. The topological polar surface area (TPSA) is 56.7 Å². The molecule has 1 unspecified atom stereocenters. The summed E-state index contributed by atoms with van der Waals surface area (Å²) in [4.78, 5) is 4.25. The molecule has 0 spiro atoms. The van der Waals surface area contributed by atoms with Crippen LogP contribution in [-0.2, 0) is 6.18 Å². The monoisotopic (exact) mass is 322 g/mol. The number of nitrogens with zero attached hydrogens (tertiary/aromatic N) is 4. The van der Waals surface area contributed by atoms with E-state index in [0.29, 0.717) is 11.5 Å². The maximum Gasteiger partial charge on any atom is 0.435 e. The molecular weight excluding hydrogens is 309 g/mol. The van der Waals surface area contributed by atoms with Gasteiger partial charge in [0.15, 0.2) is 5.69 Å². The number of benzene rings is 1. The zero-order valence-electron chi connectivity index (χ0n) is 12.4. The first-order chi connectivity index (χ1) is 10.9. The highest BCUT2D eigenvalue weighted by molar-refractivity contribution is 5.53. The second kappa shape index (κ2) is 5.53. The lowest BCUT2D eigenvalue weighted by Gasteiger charge is -2.09. The van der Waals surface area contributed by atoms with Crippen molar-refractivity contribution >= 4 is 0 Å². The number of aryl methyl sites for hydroxylation is 1. The van der Waals surface area contributed by atoms with Crippen molar-refractivity contribution in [1.82, 2.24) is 19.9 Å². The molecule has 0 fully saturated rings. The van der Waals surface area contributed by atoms with Gasteiger partial charge in [-0.25, -0.2) is 0 Å². The molecule has 0 saturated carbocycles. The van der Waals surface area contributed by atoms with Crippen molar-refractivity contribution in [3.05, 3.63) is 53.7 Å². The minimum absolute atomic E-state index is 0.198. The summed E-state index contributed by atoms with van der Waals surface area (Å²) < 4.78 is 44.6. The Labute approximate surface area is 129 Å². The molecule has 8 heteroatoms. The molecule has 3 rings (SSSR count). The van der Waals surface area contributed by atoms with Crippen molar-refractivity contribution in [2.75, 3.05) is 0 Å². The molecule has 0 amide bonds. The van der Waals surface area contributed by atoms with E-state index in [2.05, 4.69) is 15.2 Å². The summed E-state index contributed by atoms with van der Waals surface area (Å²) in [5.74, 6) is 0.581. The Kier molecular flexibility index (Phi) is 3.67. The number of rotatable bonds is 3. The van der Waals surface area contributed by atoms with Gasteiger partial charge in [-0.15, -0.1) is 0 Å². The van der Waals surface area contributed by atoms with E-state index in [0.717, 1.165) is 11.6 Å². The molecule has 3 aromatic rings. The fraction of sp³-hybridized carbons (Fsp3) is 0.267. The first-order valence-corrected chi connectivity index (χ1v) is 6.88.